The third-order valence-electron chi connectivity index (χ3n) is 5.51. The van der Waals surface area contributed by atoms with Crippen LogP contribution in [0, 0.1) is 18.6 Å². The minimum Gasteiger partial charge on any atom is -0.460 e. The van der Waals surface area contributed by atoms with Gasteiger partial charge in [0.05, 0.1) is 38.2 Å². The molecule has 4 rings (SSSR count). The highest BCUT2D eigenvalue weighted by atomic mass is 19.2. The Bertz CT molecular complexity index is 1020. The van der Waals surface area contributed by atoms with Crippen molar-refractivity contribution < 1.29 is 22.9 Å². The molecule has 3 heterocycles. The molecule has 0 bridgehead atoms. The molecule has 0 radical (unpaired) electrons. The number of hydrogen-bond donors (Lipinski definition) is 1. The number of aromatic nitrogens is 1. The summed E-state index contributed by atoms with van der Waals surface area (Å²) in [4.78, 5) is 16.6. The molecule has 1 aliphatic heterocycles. The molecule has 7 heteroatoms. The van der Waals surface area contributed by atoms with Crippen molar-refractivity contribution in [3.8, 4) is 0 Å². The van der Waals surface area contributed by atoms with E-state index in [0.29, 0.717) is 29.9 Å². The van der Waals surface area contributed by atoms with Gasteiger partial charge in [-0.05, 0) is 31.5 Å². The number of halogens is 2. The Morgan fingerprint density at radius 1 is 1.14 bits per heavy atom. The van der Waals surface area contributed by atoms with E-state index in [-0.39, 0.29) is 12.5 Å². The maximum Gasteiger partial charge on any atom is 0.271 e. The molecule has 0 spiro atoms. The van der Waals surface area contributed by atoms with E-state index in [0.717, 1.165) is 37.0 Å². The minimum absolute atomic E-state index is 0.0539. The Labute approximate surface area is 162 Å². The van der Waals surface area contributed by atoms with Gasteiger partial charge in [-0.25, -0.2) is 8.78 Å². The number of carbonyl (C=O) groups excluding carboxylic acids is 1. The van der Waals surface area contributed by atoms with Crippen LogP contribution in [0.15, 0.2) is 34.7 Å². The quantitative estimate of drug-likeness (QED) is 0.745. The second kappa shape index (κ2) is 7.39. The number of rotatable bonds is 4. The van der Waals surface area contributed by atoms with Gasteiger partial charge in [0.1, 0.15) is 11.5 Å². The van der Waals surface area contributed by atoms with Crippen molar-refractivity contribution in [2.24, 2.45) is 0 Å². The summed E-state index contributed by atoms with van der Waals surface area (Å²) in [6, 6.07) is 7.44. The fraction of sp³-hybridized carbons (Fsp3) is 0.381. The number of quaternary nitrogens is 1. The fourth-order valence-corrected chi connectivity index (χ4v) is 3.87. The van der Waals surface area contributed by atoms with E-state index in [1.165, 1.54) is 17.0 Å². The highest BCUT2D eigenvalue weighted by Crippen LogP contribution is 2.26. The van der Waals surface area contributed by atoms with Gasteiger partial charge in [0.15, 0.2) is 17.2 Å². The van der Waals surface area contributed by atoms with Crippen LogP contribution in [0.4, 0.5) is 8.78 Å². The molecule has 0 saturated carbocycles. The van der Waals surface area contributed by atoms with Crippen LogP contribution in [-0.2, 0) is 6.54 Å². The first kappa shape index (κ1) is 18.7. The largest absolute Gasteiger partial charge is 0.460 e. The molecule has 1 saturated heterocycles. The van der Waals surface area contributed by atoms with Crippen molar-refractivity contribution in [3.05, 3.63) is 59.0 Å². The van der Waals surface area contributed by atoms with Crippen LogP contribution >= 0.6 is 0 Å². The summed E-state index contributed by atoms with van der Waals surface area (Å²) < 4.78 is 34.5. The summed E-state index contributed by atoms with van der Waals surface area (Å²) in [5.74, 6) is -1.09. The third-order valence-corrected chi connectivity index (χ3v) is 5.51. The Morgan fingerprint density at radius 2 is 1.89 bits per heavy atom. The molecule has 5 nitrogen and oxygen atoms in total. The zero-order chi connectivity index (χ0) is 19.8. The number of nitrogens with zero attached hydrogens (tertiary/aromatic N) is 2. The van der Waals surface area contributed by atoms with Gasteiger partial charge in [-0.15, -0.1) is 0 Å². The van der Waals surface area contributed by atoms with Crippen molar-refractivity contribution in [2.45, 2.75) is 20.4 Å². The molecule has 28 heavy (non-hydrogen) atoms. The normalized spacial score (nSPS) is 15.5. The summed E-state index contributed by atoms with van der Waals surface area (Å²) in [5.41, 5.74) is 2.51. The zero-order valence-electron chi connectivity index (χ0n) is 16.1. The molecular weight excluding hydrogens is 364 g/mol. The van der Waals surface area contributed by atoms with Crippen LogP contribution in [0.25, 0.3) is 11.1 Å². The van der Waals surface area contributed by atoms with Crippen molar-refractivity contribution in [3.63, 3.8) is 0 Å². The molecule has 0 aliphatic carbocycles. The molecule has 1 aromatic carbocycles. The number of fused-ring (bicyclic) bond motifs is 1. The maximum absolute atomic E-state index is 13.7. The highest BCUT2D eigenvalue weighted by molar-refractivity contribution is 5.97. The van der Waals surface area contributed by atoms with Crippen molar-refractivity contribution in [2.75, 3.05) is 32.7 Å². The number of hydrogen-bond acceptors (Lipinski definition) is 2. The second-order valence-corrected chi connectivity index (χ2v) is 7.37. The molecule has 0 unspecified atom stereocenters. The van der Waals surface area contributed by atoms with Gasteiger partial charge in [-0.2, -0.15) is 0 Å². The lowest BCUT2D eigenvalue weighted by molar-refractivity contribution is -0.902. The average Bonchev–Trinajstić information content (AvgIpc) is 3.21. The molecule has 1 aliphatic rings. The van der Waals surface area contributed by atoms with Crippen LogP contribution in [0.5, 0.6) is 0 Å². The number of piperazine rings is 1. The van der Waals surface area contributed by atoms with E-state index < -0.39 is 11.6 Å². The molecule has 1 fully saturated rings. The van der Waals surface area contributed by atoms with Gasteiger partial charge in [-0.3, -0.25) is 4.79 Å². The van der Waals surface area contributed by atoms with Crippen LogP contribution < -0.4 is 4.90 Å². The topological polar surface area (TPSA) is 42.8 Å². The average molecular weight is 388 g/mol. The zero-order valence-corrected chi connectivity index (χ0v) is 16.1. The minimum atomic E-state index is -0.893. The van der Waals surface area contributed by atoms with Crippen LogP contribution in [0.3, 0.4) is 0 Å². The van der Waals surface area contributed by atoms with E-state index in [1.807, 2.05) is 22.5 Å². The van der Waals surface area contributed by atoms with Crippen molar-refractivity contribution >= 4 is 17.0 Å². The standard InChI is InChI=1S/C21H23F2N3O2/c1-3-24-6-8-25(9-7-24)21(27)19-12-20-18(10-14(2)28-20)26(19)13-15-4-5-16(22)17(23)11-15/h4-5,10-12H,3,6-9,13H2,1-2H3/p+1. The first-order chi connectivity index (χ1) is 13.5. The molecule has 2 aromatic heterocycles. The number of aryl methyl sites for hydroxylation is 1. The van der Waals surface area contributed by atoms with E-state index in [4.69, 9.17) is 4.42 Å². The monoisotopic (exact) mass is 388 g/mol. The van der Waals surface area contributed by atoms with E-state index >= 15 is 0 Å². The van der Waals surface area contributed by atoms with Crippen LogP contribution in [0.2, 0.25) is 0 Å². The van der Waals surface area contributed by atoms with Gasteiger partial charge in [0, 0.05) is 18.7 Å². The number of nitrogens with one attached hydrogen (secondary N) is 1. The lowest BCUT2D eigenvalue weighted by Crippen LogP contribution is -3.14. The Kier molecular flexibility index (Phi) is 4.93. The Balaban J connectivity index is 1.68. The number of likely N-dealkylation sites (N-methyl/N-ethyl adjacent to an activating group) is 1. The predicted octanol–water partition coefficient (Wildman–Crippen LogP) is 2.23. The summed E-state index contributed by atoms with van der Waals surface area (Å²) in [6.45, 7) is 8.59. The van der Waals surface area contributed by atoms with Gasteiger partial charge >= 0.3 is 0 Å². The molecule has 0 atom stereocenters. The number of carbonyl (C=O) groups is 1. The number of furan rings is 1. The second-order valence-electron chi connectivity index (χ2n) is 7.37. The summed E-state index contributed by atoms with van der Waals surface area (Å²) in [5, 5.41) is 0. The van der Waals surface area contributed by atoms with E-state index in [1.54, 1.807) is 6.07 Å². The first-order valence-corrected chi connectivity index (χ1v) is 9.62. The maximum atomic E-state index is 13.7. The summed E-state index contributed by atoms with van der Waals surface area (Å²) in [6.07, 6.45) is 0. The van der Waals surface area contributed by atoms with Gasteiger partial charge in [0.2, 0.25) is 0 Å². The van der Waals surface area contributed by atoms with Crippen molar-refractivity contribution in [1.29, 1.82) is 0 Å². The fourth-order valence-electron chi connectivity index (χ4n) is 3.87. The molecule has 1 N–H and O–H groups in total. The number of amides is 1. The smallest absolute Gasteiger partial charge is 0.271 e. The number of benzene rings is 1. The lowest BCUT2D eigenvalue weighted by Gasteiger charge is -2.31. The SMILES string of the molecule is CC[NH+]1CCN(C(=O)c2cc3oc(C)cc3n2Cc2ccc(F)c(F)c2)CC1. The van der Waals surface area contributed by atoms with Crippen molar-refractivity contribution in [1.82, 2.24) is 9.47 Å². The van der Waals surface area contributed by atoms with Gasteiger partial charge in [-0.1, -0.05) is 6.07 Å². The molecule has 1 amide bonds. The lowest BCUT2D eigenvalue weighted by atomic mass is 10.2. The van der Waals surface area contributed by atoms with Gasteiger partial charge in [0.25, 0.3) is 5.91 Å². The Hall–Kier alpha value is -2.67. The van der Waals surface area contributed by atoms with E-state index in [2.05, 4.69) is 6.92 Å². The van der Waals surface area contributed by atoms with Crippen LogP contribution in [0.1, 0.15) is 28.7 Å². The first-order valence-electron chi connectivity index (χ1n) is 9.62. The molecule has 3 aromatic rings. The predicted molar refractivity (Wildman–Crippen MR) is 102 cm³/mol. The third kappa shape index (κ3) is 3.42. The summed E-state index contributed by atoms with van der Waals surface area (Å²) in [7, 11) is 0. The molecule has 148 valence electrons. The Morgan fingerprint density at radius 3 is 2.57 bits per heavy atom. The van der Waals surface area contributed by atoms with E-state index in [9.17, 15) is 13.6 Å². The van der Waals surface area contributed by atoms with Gasteiger partial charge < -0.3 is 18.8 Å². The summed E-state index contributed by atoms with van der Waals surface area (Å²) >= 11 is 0. The molecular formula is C21H24F2N3O2+. The van der Waals surface area contributed by atoms with Crippen LogP contribution in [-0.4, -0.2) is 48.1 Å². The highest BCUT2D eigenvalue weighted by Gasteiger charge is 2.27.